The highest BCUT2D eigenvalue weighted by atomic mass is 19.4. The molecule has 0 bridgehead atoms. The van der Waals surface area contributed by atoms with Crippen LogP contribution in [0.5, 0.6) is 0 Å². The Balaban J connectivity index is 3.88. The van der Waals surface area contributed by atoms with Crippen LogP contribution < -0.4 is 5.32 Å². The molecule has 0 saturated carbocycles. The van der Waals surface area contributed by atoms with Gasteiger partial charge in [-0.25, -0.2) is 4.79 Å². The van der Waals surface area contributed by atoms with Crippen LogP contribution >= 0.6 is 0 Å². The average molecular weight is 256 g/mol. The smallest absolute Gasteiger partial charge is 0.422 e. The Hall–Kier alpha value is -1.47. The topological polar surface area (TPSA) is 58.6 Å². The predicted molar refractivity (Wildman–Crippen MR) is 53.3 cm³/mol. The summed E-state index contributed by atoms with van der Waals surface area (Å²) >= 11 is 0. The quantitative estimate of drug-likeness (QED) is 0.802. The number of carbonyl (C=O) groups excluding carboxylic acids is 2. The maximum atomic E-state index is 11.7. The van der Waals surface area contributed by atoms with Crippen LogP contribution in [0, 0.1) is 0 Å². The van der Waals surface area contributed by atoms with Crippen LogP contribution in [0.15, 0.2) is 0 Å². The summed E-state index contributed by atoms with van der Waals surface area (Å²) < 4.78 is 38.9. The molecule has 0 heterocycles. The van der Waals surface area contributed by atoms with E-state index in [4.69, 9.17) is 0 Å². The summed E-state index contributed by atoms with van der Waals surface area (Å²) in [6, 6.07) is 0. The number of alkyl carbamates (subject to hydrolysis) is 1. The molecule has 17 heavy (non-hydrogen) atoms. The number of nitrogens with one attached hydrogen (secondary N) is 1. The van der Waals surface area contributed by atoms with Crippen LogP contribution in [0.3, 0.4) is 0 Å². The summed E-state index contributed by atoms with van der Waals surface area (Å²) in [7, 11) is 0. The monoisotopic (exact) mass is 256 g/mol. The molecular formula is C9H15F3N2O3. The molecule has 100 valence electrons. The molecule has 0 aromatic heterocycles. The molecule has 5 nitrogen and oxygen atoms in total. The lowest BCUT2D eigenvalue weighted by Gasteiger charge is -2.18. The average Bonchev–Trinajstić information content (AvgIpc) is 2.24. The Kier molecular flexibility index (Phi) is 6.37. The lowest BCUT2D eigenvalue weighted by Crippen LogP contribution is -2.40. The second-order valence-corrected chi connectivity index (χ2v) is 3.11. The van der Waals surface area contributed by atoms with Crippen LogP contribution in [-0.2, 0) is 9.53 Å². The van der Waals surface area contributed by atoms with Gasteiger partial charge >= 0.3 is 12.3 Å². The van der Waals surface area contributed by atoms with E-state index in [1.807, 2.05) is 5.32 Å². The van der Waals surface area contributed by atoms with Crippen molar-refractivity contribution in [3.8, 4) is 0 Å². The van der Waals surface area contributed by atoms with Gasteiger partial charge in [-0.2, -0.15) is 13.2 Å². The molecule has 0 unspecified atom stereocenters. The molecule has 0 aromatic carbocycles. The van der Waals surface area contributed by atoms with Gasteiger partial charge in [0.15, 0.2) is 6.61 Å². The molecule has 0 rings (SSSR count). The summed E-state index contributed by atoms with van der Waals surface area (Å²) in [5.74, 6) is -0.376. The van der Waals surface area contributed by atoms with Gasteiger partial charge in [0.05, 0.1) is 0 Å². The van der Waals surface area contributed by atoms with E-state index in [1.165, 1.54) is 4.90 Å². The Morgan fingerprint density at radius 2 is 1.76 bits per heavy atom. The van der Waals surface area contributed by atoms with Crippen molar-refractivity contribution in [1.82, 2.24) is 10.2 Å². The fourth-order valence-electron chi connectivity index (χ4n) is 1.03. The lowest BCUT2D eigenvalue weighted by molar-refractivity contribution is -0.160. The van der Waals surface area contributed by atoms with Crippen molar-refractivity contribution in [3.63, 3.8) is 0 Å². The second-order valence-electron chi connectivity index (χ2n) is 3.11. The van der Waals surface area contributed by atoms with Gasteiger partial charge in [0.1, 0.15) is 6.54 Å². The van der Waals surface area contributed by atoms with Gasteiger partial charge < -0.3 is 15.0 Å². The SMILES string of the molecule is CCN(CC)C(=O)CNC(=O)OCC(F)(F)F. The van der Waals surface area contributed by atoms with Crippen LogP contribution in [0.4, 0.5) is 18.0 Å². The predicted octanol–water partition coefficient (Wildman–Crippen LogP) is 1.14. The fraction of sp³-hybridized carbons (Fsp3) is 0.778. The molecular weight excluding hydrogens is 241 g/mol. The number of hydrogen-bond acceptors (Lipinski definition) is 3. The van der Waals surface area contributed by atoms with E-state index >= 15 is 0 Å². The molecule has 2 amide bonds. The third-order valence-corrected chi connectivity index (χ3v) is 1.87. The maximum absolute atomic E-state index is 11.7. The van der Waals surface area contributed by atoms with Crippen molar-refractivity contribution in [2.24, 2.45) is 0 Å². The number of amides is 2. The number of rotatable bonds is 5. The molecule has 0 spiro atoms. The standard InChI is InChI=1S/C9H15F3N2O3/c1-3-14(4-2)7(15)5-13-8(16)17-6-9(10,11)12/h3-6H2,1-2H3,(H,13,16). The van der Waals surface area contributed by atoms with Gasteiger partial charge in [-0.15, -0.1) is 0 Å². The molecule has 0 saturated heterocycles. The first-order valence-corrected chi connectivity index (χ1v) is 5.05. The minimum Gasteiger partial charge on any atom is -0.440 e. The van der Waals surface area contributed by atoms with Crippen LogP contribution in [0.2, 0.25) is 0 Å². The van der Waals surface area contributed by atoms with Gasteiger partial charge in [-0.1, -0.05) is 0 Å². The van der Waals surface area contributed by atoms with Gasteiger partial charge in [0.2, 0.25) is 5.91 Å². The highest BCUT2D eigenvalue weighted by Gasteiger charge is 2.29. The number of carbonyl (C=O) groups is 2. The molecule has 8 heteroatoms. The summed E-state index contributed by atoms with van der Waals surface area (Å²) in [5.41, 5.74) is 0. The highest BCUT2D eigenvalue weighted by Crippen LogP contribution is 2.14. The second kappa shape index (κ2) is 6.97. The van der Waals surface area contributed by atoms with Crippen molar-refractivity contribution in [1.29, 1.82) is 0 Å². The fourth-order valence-corrected chi connectivity index (χ4v) is 1.03. The van der Waals surface area contributed by atoms with Crippen molar-refractivity contribution >= 4 is 12.0 Å². The Bertz CT molecular complexity index is 265. The van der Waals surface area contributed by atoms with Gasteiger partial charge in [-0.3, -0.25) is 4.79 Å². The Morgan fingerprint density at radius 1 is 1.24 bits per heavy atom. The zero-order valence-electron chi connectivity index (χ0n) is 9.63. The summed E-state index contributed by atoms with van der Waals surface area (Å²) in [6.07, 6.45) is -5.83. The van der Waals surface area contributed by atoms with E-state index in [0.717, 1.165) is 0 Å². The van der Waals surface area contributed by atoms with E-state index in [0.29, 0.717) is 13.1 Å². The zero-order chi connectivity index (χ0) is 13.5. The van der Waals surface area contributed by atoms with E-state index < -0.39 is 18.9 Å². The van der Waals surface area contributed by atoms with Crippen molar-refractivity contribution in [3.05, 3.63) is 0 Å². The summed E-state index contributed by atoms with van der Waals surface area (Å²) in [4.78, 5) is 23.6. The minimum atomic E-state index is -4.57. The number of alkyl halides is 3. The third-order valence-electron chi connectivity index (χ3n) is 1.87. The molecule has 0 radical (unpaired) electrons. The maximum Gasteiger partial charge on any atom is 0.422 e. The van der Waals surface area contributed by atoms with Crippen molar-refractivity contribution in [2.75, 3.05) is 26.2 Å². The molecule has 0 aromatic rings. The van der Waals surface area contributed by atoms with Crippen molar-refractivity contribution < 1.29 is 27.5 Å². The molecule has 0 aliphatic heterocycles. The number of nitrogens with zero attached hydrogens (tertiary/aromatic N) is 1. The van der Waals surface area contributed by atoms with Crippen LogP contribution in [0.25, 0.3) is 0 Å². The van der Waals surface area contributed by atoms with E-state index in [2.05, 4.69) is 4.74 Å². The number of halogens is 3. The minimum absolute atomic E-state index is 0.376. The summed E-state index contributed by atoms with van der Waals surface area (Å²) in [6.45, 7) is 2.40. The van der Waals surface area contributed by atoms with Crippen LogP contribution in [-0.4, -0.2) is 49.3 Å². The highest BCUT2D eigenvalue weighted by molar-refractivity contribution is 5.82. The van der Waals surface area contributed by atoms with E-state index in [9.17, 15) is 22.8 Å². The molecule has 1 N–H and O–H groups in total. The molecule has 0 atom stereocenters. The van der Waals surface area contributed by atoms with Gasteiger partial charge in [-0.05, 0) is 13.8 Å². The normalized spacial score (nSPS) is 10.9. The number of hydrogen-bond donors (Lipinski definition) is 1. The molecule has 0 fully saturated rings. The third kappa shape index (κ3) is 7.42. The zero-order valence-corrected chi connectivity index (χ0v) is 9.63. The first-order valence-electron chi connectivity index (χ1n) is 5.05. The lowest BCUT2D eigenvalue weighted by atomic mass is 10.4. The van der Waals surface area contributed by atoms with E-state index in [1.54, 1.807) is 13.8 Å². The van der Waals surface area contributed by atoms with E-state index in [-0.39, 0.29) is 12.5 Å². The molecule has 0 aliphatic rings. The summed E-state index contributed by atoms with van der Waals surface area (Å²) in [5, 5.41) is 1.95. The Morgan fingerprint density at radius 3 is 2.18 bits per heavy atom. The first-order chi connectivity index (χ1) is 7.80. The van der Waals surface area contributed by atoms with Gasteiger partial charge in [0, 0.05) is 13.1 Å². The van der Waals surface area contributed by atoms with Crippen molar-refractivity contribution in [2.45, 2.75) is 20.0 Å². The Labute approximate surface area is 96.9 Å². The number of likely N-dealkylation sites (N-methyl/N-ethyl adjacent to an activating group) is 1. The van der Waals surface area contributed by atoms with Gasteiger partial charge in [0.25, 0.3) is 0 Å². The molecule has 0 aliphatic carbocycles. The number of ether oxygens (including phenoxy) is 1. The van der Waals surface area contributed by atoms with Crippen LogP contribution in [0.1, 0.15) is 13.8 Å². The largest absolute Gasteiger partial charge is 0.440 e. The first kappa shape index (κ1) is 15.5.